The van der Waals surface area contributed by atoms with Gasteiger partial charge in [0.1, 0.15) is 11.5 Å². The van der Waals surface area contributed by atoms with Gasteiger partial charge in [-0.05, 0) is 72.6 Å². The summed E-state index contributed by atoms with van der Waals surface area (Å²) in [6.07, 6.45) is 0. The molecular formula is C29H28ClFN4O3. The minimum absolute atomic E-state index is 0.0806. The Morgan fingerprint density at radius 2 is 1.71 bits per heavy atom. The highest BCUT2D eigenvalue weighted by molar-refractivity contribution is 6.34. The van der Waals surface area contributed by atoms with Crippen LogP contribution in [0, 0.1) is 18.7 Å². The van der Waals surface area contributed by atoms with Crippen molar-refractivity contribution < 1.29 is 18.8 Å². The number of benzene rings is 3. The molecule has 3 amide bonds. The predicted octanol–water partition coefficient (Wildman–Crippen LogP) is 6.06. The molecule has 9 heteroatoms. The summed E-state index contributed by atoms with van der Waals surface area (Å²) < 4.78 is 15.2. The van der Waals surface area contributed by atoms with E-state index in [9.17, 15) is 18.8 Å². The van der Waals surface area contributed by atoms with E-state index < -0.39 is 5.91 Å². The van der Waals surface area contributed by atoms with Crippen molar-refractivity contribution in [2.75, 3.05) is 10.6 Å². The molecule has 0 fully saturated rings. The summed E-state index contributed by atoms with van der Waals surface area (Å²) in [5.74, 6) is -1.32. The number of hydrogen-bond acceptors (Lipinski definition) is 3. The number of carbonyl (C=O) groups is 3. The highest BCUT2D eigenvalue weighted by Gasteiger charge is 2.17. The van der Waals surface area contributed by atoms with Gasteiger partial charge in [0.2, 0.25) is 5.91 Å². The Bertz CT molecular complexity index is 1560. The van der Waals surface area contributed by atoms with Crippen LogP contribution in [0.5, 0.6) is 0 Å². The summed E-state index contributed by atoms with van der Waals surface area (Å²) in [6.45, 7) is 5.62. The molecule has 7 nitrogen and oxygen atoms in total. The molecule has 0 unspecified atom stereocenters. The Morgan fingerprint density at radius 3 is 2.42 bits per heavy atom. The molecule has 4 rings (SSSR count). The van der Waals surface area contributed by atoms with Crippen molar-refractivity contribution >= 4 is 51.6 Å². The van der Waals surface area contributed by atoms with E-state index in [0.29, 0.717) is 22.6 Å². The maximum atomic E-state index is 13.4. The highest BCUT2D eigenvalue weighted by atomic mass is 35.5. The smallest absolute Gasteiger partial charge is 0.272 e. The van der Waals surface area contributed by atoms with Gasteiger partial charge in [-0.2, -0.15) is 0 Å². The summed E-state index contributed by atoms with van der Waals surface area (Å²) in [4.78, 5) is 37.9. The molecule has 196 valence electrons. The number of halogens is 2. The lowest BCUT2D eigenvalue weighted by atomic mass is 10.1. The van der Waals surface area contributed by atoms with Crippen LogP contribution in [0.1, 0.15) is 45.8 Å². The molecule has 0 saturated heterocycles. The van der Waals surface area contributed by atoms with Gasteiger partial charge in [-0.1, -0.05) is 31.5 Å². The molecule has 0 saturated carbocycles. The SMILES string of the molecule is Cc1cc(F)ccc1NC(=O)c1cc2cc(NC(=O)c3cc(CNC(=O)C(C)C)ccc3Cl)ccc2n1C. The van der Waals surface area contributed by atoms with E-state index in [1.54, 1.807) is 54.9 Å². The van der Waals surface area contributed by atoms with Gasteiger partial charge in [0.15, 0.2) is 0 Å². The number of rotatable bonds is 7. The Hall–Kier alpha value is -4.17. The average molecular weight is 535 g/mol. The average Bonchev–Trinajstić information content (AvgIpc) is 3.20. The number of hydrogen-bond donors (Lipinski definition) is 3. The molecule has 0 aliphatic rings. The quantitative estimate of drug-likeness (QED) is 0.269. The van der Waals surface area contributed by atoms with Crippen LogP contribution in [0.2, 0.25) is 5.02 Å². The molecule has 1 heterocycles. The molecule has 3 aromatic carbocycles. The number of amides is 3. The number of fused-ring (bicyclic) bond motifs is 1. The van der Waals surface area contributed by atoms with Crippen molar-refractivity contribution in [3.63, 3.8) is 0 Å². The Labute approximate surface area is 225 Å². The standard InChI is InChI=1S/C29H28ClFN4O3/c1-16(2)27(36)32-15-18-5-8-23(30)22(12-18)28(37)33-21-7-10-25-19(13-21)14-26(35(25)4)29(38)34-24-9-6-20(31)11-17(24)3/h5-14,16H,15H2,1-4H3,(H,32,36)(H,33,37)(H,34,38). The second kappa shape index (κ2) is 11.1. The maximum absolute atomic E-state index is 13.4. The van der Waals surface area contributed by atoms with Crippen LogP contribution in [0.15, 0.2) is 60.7 Å². The van der Waals surface area contributed by atoms with Gasteiger partial charge in [0.25, 0.3) is 11.8 Å². The third kappa shape index (κ3) is 5.86. The van der Waals surface area contributed by atoms with Crippen LogP contribution in [-0.2, 0) is 18.4 Å². The second-order valence-electron chi connectivity index (χ2n) is 9.42. The topological polar surface area (TPSA) is 92.2 Å². The molecule has 38 heavy (non-hydrogen) atoms. The minimum atomic E-state index is -0.396. The van der Waals surface area contributed by atoms with E-state index >= 15 is 0 Å². The Balaban J connectivity index is 1.52. The molecule has 0 atom stereocenters. The third-order valence-corrected chi connectivity index (χ3v) is 6.57. The lowest BCUT2D eigenvalue weighted by molar-refractivity contribution is -0.124. The zero-order valence-corrected chi connectivity index (χ0v) is 22.2. The Morgan fingerprint density at radius 1 is 0.947 bits per heavy atom. The number of aryl methyl sites for hydroxylation is 2. The number of carbonyl (C=O) groups excluding carboxylic acids is 3. The molecule has 4 aromatic rings. The molecule has 0 radical (unpaired) electrons. The van der Waals surface area contributed by atoms with Crippen molar-refractivity contribution in [1.29, 1.82) is 0 Å². The van der Waals surface area contributed by atoms with Crippen molar-refractivity contribution in [3.05, 3.63) is 93.9 Å². The van der Waals surface area contributed by atoms with Crippen LogP contribution in [0.3, 0.4) is 0 Å². The number of nitrogens with zero attached hydrogens (tertiary/aromatic N) is 1. The third-order valence-electron chi connectivity index (χ3n) is 6.24. The minimum Gasteiger partial charge on any atom is -0.352 e. The summed E-state index contributed by atoms with van der Waals surface area (Å²) in [7, 11) is 1.77. The normalized spacial score (nSPS) is 11.0. The largest absolute Gasteiger partial charge is 0.352 e. The van der Waals surface area contributed by atoms with E-state index in [-0.39, 0.29) is 40.7 Å². The van der Waals surface area contributed by atoms with E-state index in [1.165, 1.54) is 18.2 Å². The van der Waals surface area contributed by atoms with E-state index in [4.69, 9.17) is 11.6 Å². The van der Waals surface area contributed by atoms with Gasteiger partial charge in [-0.25, -0.2) is 4.39 Å². The molecule has 1 aromatic heterocycles. The monoisotopic (exact) mass is 534 g/mol. The maximum Gasteiger partial charge on any atom is 0.272 e. The van der Waals surface area contributed by atoms with Crippen molar-refractivity contribution in [3.8, 4) is 0 Å². The number of anilines is 2. The molecule has 0 aliphatic heterocycles. The van der Waals surface area contributed by atoms with E-state index in [1.807, 2.05) is 19.9 Å². The summed E-state index contributed by atoms with van der Waals surface area (Å²) >= 11 is 6.29. The molecule has 3 N–H and O–H groups in total. The highest BCUT2D eigenvalue weighted by Crippen LogP contribution is 2.26. The van der Waals surface area contributed by atoms with Crippen molar-refractivity contribution in [1.82, 2.24) is 9.88 Å². The first-order valence-electron chi connectivity index (χ1n) is 12.1. The lowest BCUT2D eigenvalue weighted by Gasteiger charge is -2.11. The molecular weight excluding hydrogens is 507 g/mol. The Kier molecular flexibility index (Phi) is 7.83. The molecule has 0 aliphatic carbocycles. The molecule has 0 bridgehead atoms. The van der Waals surface area contributed by atoms with Crippen LogP contribution in [0.4, 0.5) is 15.8 Å². The zero-order chi connectivity index (χ0) is 27.6. The second-order valence-corrected chi connectivity index (χ2v) is 9.82. The zero-order valence-electron chi connectivity index (χ0n) is 21.5. The predicted molar refractivity (Wildman–Crippen MR) is 148 cm³/mol. The fourth-order valence-corrected chi connectivity index (χ4v) is 4.25. The summed E-state index contributed by atoms with van der Waals surface area (Å²) in [5.41, 5.74) is 3.91. The van der Waals surface area contributed by atoms with Gasteiger partial charge in [-0.15, -0.1) is 0 Å². The number of nitrogens with one attached hydrogen (secondary N) is 3. The van der Waals surface area contributed by atoms with Crippen LogP contribution >= 0.6 is 11.6 Å². The summed E-state index contributed by atoms with van der Waals surface area (Å²) in [5, 5.41) is 9.54. The van der Waals surface area contributed by atoms with Gasteiger partial charge in [0, 0.05) is 41.8 Å². The number of aromatic nitrogens is 1. The fourth-order valence-electron chi connectivity index (χ4n) is 4.05. The van der Waals surface area contributed by atoms with Gasteiger partial charge in [-0.3, -0.25) is 14.4 Å². The van der Waals surface area contributed by atoms with Crippen molar-refractivity contribution in [2.45, 2.75) is 27.3 Å². The first kappa shape index (κ1) is 26.9. The van der Waals surface area contributed by atoms with Gasteiger partial charge < -0.3 is 20.5 Å². The van der Waals surface area contributed by atoms with Crippen molar-refractivity contribution in [2.24, 2.45) is 13.0 Å². The van der Waals surface area contributed by atoms with Crippen LogP contribution in [-0.4, -0.2) is 22.3 Å². The van der Waals surface area contributed by atoms with E-state index in [2.05, 4.69) is 16.0 Å². The van der Waals surface area contributed by atoms with Gasteiger partial charge >= 0.3 is 0 Å². The van der Waals surface area contributed by atoms with Crippen LogP contribution in [0.25, 0.3) is 10.9 Å². The van der Waals surface area contributed by atoms with E-state index in [0.717, 1.165) is 16.5 Å². The fraction of sp³-hybridized carbons (Fsp3) is 0.207. The first-order valence-corrected chi connectivity index (χ1v) is 12.5. The van der Waals surface area contributed by atoms with Gasteiger partial charge in [0.05, 0.1) is 10.6 Å². The molecule has 0 spiro atoms. The first-order chi connectivity index (χ1) is 18.0. The summed E-state index contributed by atoms with van der Waals surface area (Å²) in [6, 6.07) is 16.3. The van der Waals surface area contributed by atoms with Crippen LogP contribution < -0.4 is 16.0 Å². The lowest BCUT2D eigenvalue weighted by Crippen LogP contribution is -2.27.